The van der Waals surface area contributed by atoms with Gasteiger partial charge in [-0.25, -0.2) is 4.98 Å². The summed E-state index contributed by atoms with van der Waals surface area (Å²) in [5.74, 6) is 0.476. The zero-order chi connectivity index (χ0) is 21.6. The van der Waals surface area contributed by atoms with Gasteiger partial charge in [0.25, 0.3) is 5.91 Å². The number of nitrogens with zero attached hydrogens (tertiary/aromatic N) is 1. The molecule has 31 heavy (non-hydrogen) atoms. The quantitative estimate of drug-likeness (QED) is 0.369. The molecular formula is C25H21ClN2O2S. The van der Waals surface area contributed by atoms with Crippen molar-refractivity contribution in [2.45, 2.75) is 13.5 Å². The Bertz CT molecular complexity index is 1170. The fourth-order valence-corrected chi connectivity index (χ4v) is 4.42. The number of nitrogens with one attached hydrogen (secondary N) is 1. The number of aromatic nitrogens is 1. The minimum atomic E-state index is -0.181. The number of ether oxygens (including phenoxy) is 1. The summed E-state index contributed by atoms with van der Waals surface area (Å²) in [4.78, 5) is 17.8. The van der Waals surface area contributed by atoms with Crippen LogP contribution in [0.2, 0.25) is 5.02 Å². The molecule has 0 aliphatic rings. The third-order valence-electron chi connectivity index (χ3n) is 4.77. The van der Waals surface area contributed by atoms with Gasteiger partial charge >= 0.3 is 0 Å². The molecule has 3 aromatic carbocycles. The van der Waals surface area contributed by atoms with Crippen molar-refractivity contribution in [2.75, 3.05) is 6.61 Å². The third-order valence-corrected chi connectivity index (χ3v) is 6.29. The fourth-order valence-electron chi connectivity index (χ4n) is 3.09. The van der Waals surface area contributed by atoms with E-state index in [2.05, 4.69) is 22.4 Å². The fraction of sp³-hybridized carbons (Fsp3) is 0.120. The summed E-state index contributed by atoms with van der Waals surface area (Å²) < 4.78 is 5.63. The molecule has 0 bridgehead atoms. The first kappa shape index (κ1) is 21.1. The van der Waals surface area contributed by atoms with Gasteiger partial charge in [-0.05, 0) is 36.2 Å². The second kappa shape index (κ2) is 9.77. The number of aryl methyl sites for hydroxylation is 1. The van der Waals surface area contributed by atoms with Gasteiger partial charge in [-0.15, -0.1) is 11.3 Å². The van der Waals surface area contributed by atoms with Crippen molar-refractivity contribution in [1.82, 2.24) is 10.3 Å². The summed E-state index contributed by atoms with van der Waals surface area (Å²) in [5.41, 5.74) is 4.03. The lowest BCUT2D eigenvalue weighted by molar-refractivity contribution is -0.123. The van der Waals surface area contributed by atoms with Crippen LogP contribution in [0.25, 0.3) is 21.7 Å². The Hall–Kier alpha value is -3.15. The maximum Gasteiger partial charge on any atom is 0.258 e. The predicted molar refractivity (Wildman–Crippen MR) is 127 cm³/mol. The van der Waals surface area contributed by atoms with Gasteiger partial charge in [-0.3, -0.25) is 4.79 Å². The molecule has 0 radical (unpaired) electrons. The number of carbonyl (C=O) groups is 1. The molecule has 0 atom stereocenters. The molecule has 1 N–H and O–H groups in total. The zero-order valence-electron chi connectivity index (χ0n) is 17.0. The largest absolute Gasteiger partial charge is 0.484 e. The molecule has 0 aliphatic carbocycles. The van der Waals surface area contributed by atoms with Crippen LogP contribution in [-0.2, 0) is 11.3 Å². The number of hydrogen-bond donors (Lipinski definition) is 1. The van der Waals surface area contributed by atoms with E-state index in [1.807, 2.05) is 73.7 Å². The molecule has 0 spiro atoms. The van der Waals surface area contributed by atoms with Crippen LogP contribution < -0.4 is 10.1 Å². The van der Waals surface area contributed by atoms with Crippen molar-refractivity contribution >= 4 is 28.8 Å². The van der Waals surface area contributed by atoms with Crippen molar-refractivity contribution in [3.8, 4) is 27.4 Å². The Morgan fingerprint density at radius 1 is 0.968 bits per heavy atom. The SMILES string of the molecule is Cc1nc(-c2ccccc2Cl)sc1CNC(=O)COc1ccc(-c2ccccc2)cc1. The highest BCUT2D eigenvalue weighted by Crippen LogP contribution is 2.32. The van der Waals surface area contributed by atoms with Crippen molar-refractivity contribution in [3.05, 3.63) is 94.5 Å². The highest BCUT2D eigenvalue weighted by Gasteiger charge is 2.13. The van der Waals surface area contributed by atoms with E-state index in [0.29, 0.717) is 17.3 Å². The van der Waals surface area contributed by atoms with Crippen molar-refractivity contribution in [3.63, 3.8) is 0 Å². The van der Waals surface area contributed by atoms with Gasteiger partial charge in [0, 0.05) is 10.4 Å². The normalized spacial score (nSPS) is 10.6. The molecule has 1 aromatic heterocycles. The van der Waals surface area contributed by atoms with E-state index in [4.69, 9.17) is 16.3 Å². The molecule has 0 fully saturated rings. The molecule has 4 aromatic rings. The smallest absolute Gasteiger partial charge is 0.258 e. The molecule has 4 rings (SSSR count). The van der Waals surface area contributed by atoms with Gasteiger partial charge in [0.1, 0.15) is 10.8 Å². The van der Waals surface area contributed by atoms with E-state index in [9.17, 15) is 4.79 Å². The maximum atomic E-state index is 12.2. The van der Waals surface area contributed by atoms with Crippen LogP contribution in [-0.4, -0.2) is 17.5 Å². The summed E-state index contributed by atoms with van der Waals surface area (Å²) >= 11 is 7.80. The van der Waals surface area contributed by atoms with Gasteiger partial charge in [0.15, 0.2) is 6.61 Å². The number of thiazole rings is 1. The average molecular weight is 449 g/mol. The zero-order valence-corrected chi connectivity index (χ0v) is 18.5. The average Bonchev–Trinajstić information content (AvgIpc) is 3.17. The first-order chi connectivity index (χ1) is 15.1. The summed E-state index contributed by atoms with van der Waals surface area (Å²) in [6.45, 7) is 2.30. The molecule has 1 amide bonds. The standard InChI is InChI=1S/C25H21ClN2O2S/c1-17-23(31-25(28-17)21-9-5-6-10-22(21)26)15-27-24(29)16-30-20-13-11-19(12-14-20)18-7-3-2-4-8-18/h2-14H,15-16H2,1H3,(H,27,29). The van der Waals surface area contributed by atoms with Gasteiger partial charge in [-0.1, -0.05) is 72.3 Å². The predicted octanol–water partition coefficient (Wildman–Crippen LogP) is 6.13. The lowest BCUT2D eigenvalue weighted by atomic mass is 10.1. The Morgan fingerprint density at radius 2 is 1.65 bits per heavy atom. The van der Waals surface area contributed by atoms with Crippen molar-refractivity contribution in [2.24, 2.45) is 0 Å². The molecule has 156 valence electrons. The molecule has 0 aliphatic heterocycles. The number of hydrogen-bond acceptors (Lipinski definition) is 4. The number of benzene rings is 3. The molecule has 0 saturated heterocycles. The van der Waals surface area contributed by atoms with Gasteiger partial charge in [0.05, 0.1) is 17.3 Å². The Labute approximate surface area is 190 Å². The van der Waals surface area contributed by atoms with E-state index < -0.39 is 0 Å². The highest BCUT2D eigenvalue weighted by atomic mass is 35.5. The first-order valence-electron chi connectivity index (χ1n) is 9.86. The van der Waals surface area contributed by atoms with E-state index >= 15 is 0 Å². The summed E-state index contributed by atoms with van der Waals surface area (Å²) in [6, 6.07) is 25.5. The maximum absolute atomic E-state index is 12.2. The van der Waals surface area contributed by atoms with Crippen LogP contribution in [0.5, 0.6) is 5.75 Å². The van der Waals surface area contributed by atoms with E-state index in [0.717, 1.165) is 32.3 Å². The second-order valence-electron chi connectivity index (χ2n) is 6.96. The van der Waals surface area contributed by atoms with Gasteiger partial charge < -0.3 is 10.1 Å². The molecule has 1 heterocycles. The van der Waals surface area contributed by atoms with Crippen molar-refractivity contribution in [1.29, 1.82) is 0 Å². The van der Waals surface area contributed by atoms with Crippen LogP contribution >= 0.6 is 22.9 Å². The van der Waals surface area contributed by atoms with Crippen LogP contribution in [0, 0.1) is 6.92 Å². The minimum Gasteiger partial charge on any atom is -0.484 e. The van der Waals surface area contributed by atoms with Crippen LogP contribution in [0.3, 0.4) is 0 Å². The molecule has 6 heteroatoms. The number of rotatable bonds is 7. The van der Waals surface area contributed by atoms with Crippen LogP contribution in [0.1, 0.15) is 10.6 Å². The lowest BCUT2D eigenvalue weighted by Gasteiger charge is -2.08. The van der Waals surface area contributed by atoms with Gasteiger partial charge in [-0.2, -0.15) is 0 Å². The summed E-state index contributed by atoms with van der Waals surface area (Å²) in [7, 11) is 0. The molecule has 4 nitrogen and oxygen atoms in total. The second-order valence-corrected chi connectivity index (χ2v) is 8.45. The number of halogens is 1. The Kier molecular flexibility index (Phi) is 6.65. The summed E-state index contributed by atoms with van der Waals surface area (Å²) in [6.07, 6.45) is 0. The van der Waals surface area contributed by atoms with E-state index in [1.165, 1.54) is 11.3 Å². The van der Waals surface area contributed by atoms with Crippen LogP contribution in [0.4, 0.5) is 0 Å². The minimum absolute atomic E-state index is 0.0418. The Balaban J connectivity index is 1.30. The highest BCUT2D eigenvalue weighted by molar-refractivity contribution is 7.15. The molecule has 0 unspecified atom stereocenters. The summed E-state index contributed by atoms with van der Waals surface area (Å²) in [5, 5.41) is 4.41. The Morgan fingerprint density at radius 3 is 2.39 bits per heavy atom. The monoisotopic (exact) mass is 448 g/mol. The van der Waals surface area contributed by atoms with E-state index in [-0.39, 0.29) is 12.5 Å². The van der Waals surface area contributed by atoms with E-state index in [1.54, 1.807) is 0 Å². The lowest BCUT2D eigenvalue weighted by Crippen LogP contribution is -2.28. The topological polar surface area (TPSA) is 51.2 Å². The molecular weight excluding hydrogens is 428 g/mol. The third kappa shape index (κ3) is 5.32. The number of amides is 1. The van der Waals surface area contributed by atoms with Crippen LogP contribution in [0.15, 0.2) is 78.9 Å². The van der Waals surface area contributed by atoms with Crippen molar-refractivity contribution < 1.29 is 9.53 Å². The molecule has 0 saturated carbocycles. The first-order valence-corrected chi connectivity index (χ1v) is 11.1. The van der Waals surface area contributed by atoms with Gasteiger partial charge in [0.2, 0.25) is 0 Å². The number of carbonyl (C=O) groups excluding carboxylic acids is 1.